The summed E-state index contributed by atoms with van der Waals surface area (Å²) in [4.78, 5) is 25.2. The first-order valence-electron chi connectivity index (χ1n) is 8.21. The van der Waals surface area contributed by atoms with E-state index in [0.29, 0.717) is 32.8 Å². The van der Waals surface area contributed by atoms with Gasteiger partial charge >= 0.3 is 12.1 Å². The van der Waals surface area contributed by atoms with E-state index in [0.717, 1.165) is 24.2 Å². The van der Waals surface area contributed by atoms with Gasteiger partial charge < -0.3 is 20.1 Å². The van der Waals surface area contributed by atoms with Crippen molar-refractivity contribution in [1.82, 2.24) is 15.5 Å². The van der Waals surface area contributed by atoms with Gasteiger partial charge in [-0.25, -0.2) is 14.5 Å². The number of imide groups is 1. The molecule has 24 heavy (non-hydrogen) atoms. The fourth-order valence-corrected chi connectivity index (χ4v) is 3.39. The van der Waals surface area contributed by atoms with Crippen LogP contribution in [0.15, 0.2) is 24.3 Å². The average Bonchev–Trinajstić information content (AvgIpc) is 3.06. The molecule has 2 N–H and O–H groups in total. The number of methoxy groups -OCH3 is 1. The number of nitrogens with zero attached hydrogens (tertiary/aromatic N) is 1. The first kappa shape index (κ1) is 16.6. The molecule has 0 spiro atoms. The fourth-order valence-electron chi connectivity index (χ4n) is 3.39. The Labute approximate surface area is 141 Å². The summed E-state index contributed by atoms with van der Waals surface area (Å²) in [7, 11) is 1.65. The topological polar surface area (TPSA) is 79.9 Å². The van der Waals surface area contributed by atoms with E-state index in [-0.39, 0.29) is 17.5 Å². The number of carbonyl (C=O) groups excluding carboxylic acids is 2. The molecule has 2 aliphatic heterocycles. The van der Waals surface area contributed by atoms with Crippen molar-refractivity contribution in [2.24, 2.45) is 0 Å². The number of ether oxygens (including phenoxy) is 2. The molecule has 2 heterocycles. The van der Waals surface area contributed by atoms with Crippen LogP contribution in [0.3, 0.4) is 0 Å². The van der Waals surface area contributed by atoms with E-state index in [9.17, 15) is 9.59 Å². The molecule has 1 aromatic carbocycles. The first-order chi connectivity index (χ1) is 11.7. The quantitative estimate of drug-likeness (QED) is 0.875. The van der Waals surface area contributed by atoms with Crippen molar-refractivity contribution in [1.29, 1.82) is 0 Å². The molecule has 130 valence electrons. The number of rotatable bonds is 4. The largest absolute Gasteiger partial charge is 0.496 e. The Kier molecular flexibility index (Phi) is 4.89. The zero-order valence-electron chi connectivity index (χ0n) is 13.8. The summed E-state index contributed by atoms with van der Waals surface area (Å²) in [6, 6.07) is 7.19. The third-order valence-electron chi connectivity index (χ3n) is 4.81. The molecule has 1 aromatic rings. The van der Waals surface area contributed by atoms with Crippen molar-refractivity contribution in [3.05, 3.63) is 29.8 Å². The van der Waals surface area contributed by atoms with Gasteiger partial charge in [-0.05, 0) is 18.9 Å². The molecule has 0 saturated carbocycles. The number of urea groups is 2. The molecular weight excluding hydrogens is 310 g/mol. The molecule has 4 amide bonds. The number of hydrogen-bond acceptors (Lipinski definition) is 4. The van der Waals surface area contributed by atoms with Gasteiger partial charge in [0.05, 0.1) is 7.11 Å². The number of para-hydroxylation sites is 1. The van der Waals surface area contributed by atoms with Crippen molar-refractivity contribution in [3.63, 3.8) is 0 Å². The standard InChI is InChI=1S/C17H23N3O4/c1-23-14-5-3-2-4-13(14)17(6-10-24-11-7-17)12-19-16(22)20-9-8-18-15(20)21/h2-5H,6-12H2,1H3,(H,18,21)(H,19,22). The van der Waals surface area contributed by atoms with E-state index in [4.69, 9.17) is 9.47 Å². The Morgan fingerprint density at radius 1 is 1.38 bits per heavy atom. The Bertz CT molecular complexity index is 614. The molecule has 7 nitrogen and oxygen atoms in total. The summed E-state index contributed by atoms with van der Waals surface area (Å²) in [6.07, 6.45) is 1.58. The molecule has 0 atom stereocenters. The maximum absolute atomic E-state index is 12.3. The van der Waals surface area contributed by atoms with Gasteiger partial charge in [-0.2, -0.15) is 0 Å². The number of benzene rings is 1. The van der Waals surface area contributed by atoms with Crippen molar-refractivity contribution >= 4 is 12.1 Å². The van der Waals surface area contributed by atoms with Gasteiger partial charge in [0.15, 0.2) is 0 Å². The zero-order valence-corrected chi connectivity index (χ0v) is 13.8. The summed E-state index contributed by atoms with van der Waals surface area (Å²) in [5.74, 6) is 0.813. The van der Waals surface area contributed by atoms with Crippen molar-refractivity contribution in [3.8, 4) is 5.75 Å². The lowest BCUT2D eigenvalue weighted by molar-refractivity contribution is 0.0495. The van der Waals surface area contributed by atoms with Gasteiger partial charge in [0.2, 0.25) is 0 Å². The van der Waals surface area contributed by atoms with Crippen LogP contribution >= 0.6 is 0 Å². The summed E-state index contributed by atoms with van der Waals surface area (Å²) in [5.41, 5.74) is 0.818. The highest BCUT2D eigenvalue weighted by atomic mass is 16.5. The molecule has 2 aliphatic rings. The van der Waals surface area contributed by atoms with E-state index in [2.05, 4.69) is 10.6 Å². The Hall–Kier alpha value is -2.28. The van der Waals surface area contributed by atoms with Crippen LogP contribution in [0.25, 0.3) is 0 Å². The molecule has 7 heteroatoms. The molecule has 0 aromatic heterocycles. The van der Waals surface area contributed by atoms with E-state index >= 15 is 0 Å². The summed E-state index contributed by atoms with van der Waals surface area (Å²) >= 11 is 0. The second-order valence-electron chi connectivity index (χ2n) is 6.14. The summed E-state index contributed by atoms with van der Waals surface area (Å²) in [6.45, 7) is 2.61. The highest BCUT2D eigenvalue weighted by Gasteiger charge is 2.38. The van der Waals surface area contributed by atoms with Crippen LogP contribution < -0.4 is 15.4 Å². The van der Waals surface area contributed by atoms with Crippen molar-refractivity contribution in [2.45, 2.75) is 18.3 Å². The molecule has 2 fully saturated rings. The normalized spacial score (nSPS) is 19.7. The van der Waals surface area contributed by atoms with Crippen LogP contribution in [0.5, 0.6) is 5.75 Å². The zero-order chi connectivity index (χ0) is 17.0. The van der Waals surface area contributed by atoms with Crippen molar-refractivity contribution in [2.75, 3.05) is 40.0 Å². The van der Waals surface area contributed by atoms with Crippen LogP contribution in [0.2, 0.25) is 0 Å². The Morgan fingerprint density at radius 3 is 2.79 bits per heavy atom. The maximum atomic E-state index is 12.3. The minimum Gasteiger partial charge on any atom is -0.496 e. The van der Waals surface area contributed by atoms with Crippen LogP contribution in [-0.2, 0) is 10.2 Å². The lowest BCUT2D eigenvalue weighted by atomic mass is 9.73. The predicted octanol–water partition coefficient (Wildman–Crippen LogP) is 1.48. The number of nitrogens with one attached hydrogen (secondary N) is 2. The molecule has 3 rings (SSSR count). The molecule has 0 bridgehead atoms. The monoisotopic (exact) mass is 333 g/mol. The van der Waals surface area contributed by atoms with Gasteiger partial charge in [0.25, 0.3) is 0 Å². The number of hydrogen-bond donors (Lipinski definition) is 2. The minimum absolute atomic E-state index is 0.253. The van der Waals surface area contributed by atoms with Crippen LogP contribution in [0.4, 0.5) is 9.59 Å². The van der Waals surface area contributed by atoms with Gasteiger partial charge in [-0.3, -0.25) is 0 Å². The number of carbonyl (C=O) groups is 2. The molecule has 2 saturated heterocycles. The lowest BCUT2D eigenvalue weighted by Gasteiger charge is -2.38. The predicted molar refractivity (Wildman–Crippen MR) is 88.2 cm³/mol. The minimum atomic E-state index is -0.356. The molecule has 0 aliphatic carbocycles. The van der Waals surface area contributed by atoms with Gasteiger partial charge in [-0.15, -0.1) is 0 Å². The van der Waals surface area contributed by atoms with Gasteiger partial charge in [-0.1, -0.05) is 18.2 Å². The van der Waals surface area contributed by atoms with Gasteiger partial charge in [0.1, 0.15) is 5.75 Å². The van der Waals surface area contributed by atoms with Crippen LogP contribution in [0.1, 0.15) is 18.4 Å². The number of amides is 4. The highest BCUT2D eigenvalue weighted by Crippen LogP contribution is 2.39. The van der Waals surface area contributed by atoms with Crippen LogP contribution in [-0.4, -0.2) is 56.9 Å². The summed E-state index contributed by atoms with van der Waals surface area (Å²) < 4.78 is 11.0. The third kappa shape index (κ3) is 3.17. The van der Waals surface area contributed by atoms with E-state index in [1.165, 1.54) is 4.90 Å². The highest BCUT2D eigenvalue weighted by molar-refractivity contribution is 5.94. The molecular formula is C17H23N3O4. The van der Waals surface area contributed by atoms with E-state index in [1.807, 2.05) is 24.3 Å². The Balaban J connectivity index is 1.79. The van der Waals surface area contributed by atoms with Crippen LogP contribution in [0, 0.1) is 0 Å². The smallest absolute Gasteiger partial charge is 0.325 e. The fraction of sp³-hybridized carbons (Fsp3) is 0.529. The first-order valence-corrected chi connectivity index (χ1v) is 8.21. The second kappa shape index (κ2) is 7.09. The van der Waals surface area contributed by atoms with Gasteiger partial charge in [0, 0.05) is 43.8 Å². The Morgan fingerprint density at radius 2 is 2.12 bits per heavy atom. The van der Waals surface area contributed by atoms with Crippen molar-refractivity contribution < 1.29 is 19.1 Å². The van der Waals surface area contributed by atoms with E-state index in [1.54, 1.807) is 7.11 Å². The SMILES string of the molecule is COc1ccccc1C1(CNC(=O)N2CCNC2=O)CCOCC1. The van der Waals surface area contributed by atoms with E-state index < -0.39 is 0 Å². The summed E-state index contributed by atoms with van der Waals surface area (Å²) in [5, 5.41) is 5.56. The third-order valence-corrected chi connectivity index (χ3v) is 4.81. The second-order valence-corrected chi connectivity index (χ2v) is 6.14. The average molecular weight is 333 g/mol. The maximum Gasteiger partial charge on any atom is 0.325 e. The lowest BCUT2D eigenvalue weighted by Crippen LogP contribution is -2.49. The molecule has 0 unspecified atom stereocenters. The molecule has 0 radical (unpaired) electrons.